The van der Waals surface area contributed by atoms with E-state index in [4.69, 9.17) is 10.2 Å². The highest BCUT2D eigenvalue weighted by Crippen LogP contribution is 2.22. The molecule has 0 bridgehead atoms. The molecule has 1 aromatic heterocycles. The Morgan fingerprint density at radius 3 is 2.56 bits per heavy atom. The number of hydrogen-bond donors (Lipinski definition) is 2. The molecular weight excluding hydrogens is 212 g/mol. The fraction of sp³-hybridized carbons (Fsp3) is 0.100. The number of aromatic nitrogens is 2. The molecule has 6 heteroatoms. The summed E-state index contributed by atoms with van der Waals surface area (Å²) in [7, 11) is 0. The second-order valence-corrected chi connectivity index (χ2v) is 3.18. The number of nitrogens with zero attached hydrogens (tertiary/aromatic N) is 2. The van der Waals surface area contributed by atoms with Gasteiger partial charge in [-0.3, -0.25) is 4.79 Å². The quantitative estimate of drug-likeness (QED) is 0.803. The monoisotopic (exact) mass is 220 g/mol. The van der Waals surface area contributed by atoms with Crippen molar-refractivity contribution in [3.63, 3.8) is 0 Å². The van der Waals surface area contributed by atoms with E-state index in [-0.39, 0.29) is 17.9 Å². The van der Waals surface area contributed by atoms with Crippen LogP contribution in [0.1, 0.15) is 5.69 Å². The number of carboxylic acid groups (broad SMARTS) is 1. The van der Waals surface area contributed by atoms with Gasteiger partial charge in [0.25, 0.3) is 0 Å². The smallest absolute Gasteiger partial charge is 0.309 e. The molecule has 1 heterocycles. The van der Waals surface area contributed by atoms with Crippen LogP contribution < -0.4 is 0 Å². The summed E-state index contributed by atoms with van der Waals surface area (Å²) in [6.45, 7) is 0. The van der Waals surface area contributed by atoms with Crippen molar-refractivity contribution in [2.24, 2.45) is 0 Å². The van der Waals surface area contributed by atoms with E-state index in [1.165, 1.54) is 12.1 Å². The molecule has 0 amide bonds. The van der Waals surface area contributed by atoms with E-state index in [9.17, 15) is 4.79 Å². The van der Waals surface area contributed by atoms with Crippen LogP contribution in [0.3, 0.4) is 0 Å². The Morgan fingerprint density at radius 2 is 1.94 bits per heavy atom. The van der Waals surface area contributed by atoms with Crippen molar-refractivity contribution in [2.75, 3.05) is 0 Å². The number of hydrogen-bond acceptors (Lipinski definition) is 5. The molecule has 0 aliphatic rings. The summed E-state index contributed by atoms with van der Waals surface area (Å²) >= 11 is 0. The predicted octanol–water partition coefficient (Wildman–Crippen LogP) is 1.07. The zero-order valence-electron chi connectivity index (χ0n) is 8.12. The van der Waals surface area contributed by atoms with Crippen molar-refractivity contribution in [1.82, 2.24) is 10.3 Å². The van der Waals surface area contributed by atoms with E-state index in [0.717, 1.165) is 0 Å². The Hall–Kier alpha value is -2.37. The van der Waals surface area contributed by atoms with Crippen molar-refractivity contribution in [3.8, 4) is 17.0 Å². The van der Waals surface area contributed by atoms with Crippen molar-refractivity contribution in [1.29, 1.82) is 0 Å². The van der Waals surface area contributed by atoms with Crippen LogP contribution in [-0.4, -0.2) is 26.5 Å². The molecule has 0 unspecified atom stereocenters. The largest absolute Gasteiger partial charge is 0.508 e. The lowest BCUT2D eigenvalue weighted by Crippen LogP contribution is -2.01. The molecule has 16 heavy (non-hydrogen) atoms. The van der Waals surface area contributed by atoms with Gasteiger partial charge in [-0.15, -0.1) is 0 Å². The van der Waals surface area contributed by atoms with Crippen LogP contribution in [0.5, 0.6) is 5.75 Å². The minimum absolute atomic E-state index is 0.125. The Balaban J connectivity index is 2.36. The Morgan fingerprint density at radius 1 is 1.25 bits per heavy atom. The average Bonchev–Trinajstić information content (AvgIpc) is 2.66. The van der Waals surface area contributed by atoms with Gasteiger partial charge >= 0.3 is 5.97 Å². The van der Waals surface area contributed by atoms with Gasteiger partial charge in [0.05, 0.1) is 6.42 Å². The predicted molar refractivity (Wildman–Crippen MR) is 52.7 cm³/mol. The lowest BCUT2D eigenvalue weighted by molar-refractivity contribution is -0.136. The molecule has 0 aliphatic carbocycles. The summed E-state index contributed by atoms with van der Waals surface area (Å²) in [6, 6.07) is 6.18. The molecule has 0 saturated carbocycles. The number of phenols is 1. The van der Waals surface area contributed by atoms with Gasteiger partial charge < -0.3 is 10.2 Å². The molecule has 1 aromatic carbocycles. The number of carboxylic acids is 1. The first kappa shape index (κ1) is 10.2. The summed E-state index contributed by atoms with van der Waals surface area (Å²) in [5.74, 6) is -0.879. The third-order valence-electron chi connectivity index (χ3n) is 2.02. The fourth-order valence-corrected chi connectivity index (χ4v) is 1.30. The standard InChI is InChI=1S/C10H8N2O4/c13-7-3-1-6(2-4-7)10-8(5-9(14)15)11-16-12-10/h1-4,13H,5H2,(H,14,15). The van der Waals surface area contributed by atoms with Crippen LogP contribution >= 0.6 is 0 Å². The van der Waals surface area contributed by atoms with Crippen molar-refractivity contribution in [2.45, 2.75) is 6.42 Å². The van der Waals surface area contributed by atoms with Gasteiger partial charge in [-0.25, -0.2) is 4.63 Å². The molecule has 0 fully saturated rings. The van der Waals surface area contributed by atoms with Gasteiger partial charge in [0.2, 0.25) is 0 Å². The van der Waals surface area contributed by atoms with Gasteiger partial charge in [0.15, 0.2) is 0 Å². The van der Waals surface area contributed by atoms with Gasteiger partial charge in [0.1, 0.15) is 17.1 Å². The SMILES string of the molecule is O=C(O)Cc1nonc1-c1ccc(O)cc1. The summed E-state index contributed by atoms with van der Waals surface area (Å²) < 4.78 is 4.51. The number of phenolic OH excluding ortho intramolecular Hbond substituents is 1. The van der Waals surface area contributed by atoms with E-state index in [1.807, 2.05) is 0 Å². The summed E-state index contributed by atoms with van der Waals surface area (Å²) in [5.41, 5.74) is 1.29. The summed E-state index contributed by atoms with van der Waals surface area (Å²) in [6.07, 6.45) is -0.250. The fourth-order valence-electron chi connectivity index (χ4n) is 1.30. The number of benzene rings is 1. The first-order valence-corrected chi connectivity index (χ1v) is 4.49. The third-order valence-corrected chi connectivity index (χ3v) is 2.02. The lowest BCUT2D eigenvalue weighted by Gasteiger charge is -1.97. The molecule has 82 valence electrons. The van der Waals surface area contributed by atoms with Crippen LogP contribution in [0, 0.1) is 0 Å². The topological polar surface area (TPSA) is 96.5 Å². The number of aromatic hydroxyl groups is 1. The molecule has 2 rings (SSSR count). The number of carbonyl (C=O) groups is 1. The zero-order valence-corrected chi connectivity index (χ0v) is 8.12. The Bertz CT molecular complexity index is 504. The minimum atomic E-state index is -1.00. The second-order valence-electron chi connectivity index (χ2n) is 3.18. The Labute approximate surface area is 90.1 Å². The molecule has 0 radical (unpaired) electrons. The van der Waals surface area contributed by atoms with Crippen molar-refractivity contribution < 1.29 is 19.6 Å². The lowest BCUT2D eigenvalue weighted by atomic mass is 10.1. The Kier molecular flexibility index (Phi) is 2.55. The van der Waals surface area contributed by atoms with E-state index < -0.39 is 5.97 Å². The number of rotatable bonds is 3. The molecule has 0 aliphatic heterocycles. The first-order chi connectivity index (χ1) is 7.66. The molecule has 6 nitrogen and oxygen atoms in total. The highest BCUT2D eigenvalue weighted by atomic mass is 16.6. The third kappa shape index (κ3) is 2.00. The maximum Gasteiger partial charge on any atom is 0.309 e. The van der Waals surface area contributed by atoms with Gasteiger partial charge in [-0.1, -0.05) is 5.16 Å². The highest BCUT2D eigenvalue weighted by molar-refractivity contribution is 5.73. The maximum absolute atomic E-state index is 10.6. The van der Waals surface area contributed by atoms with E-state index in [0.29, 0.717) is 11.3 Å². The maximum atomic E-state index is 10.6. The second kappa shape index (κ2) is 4.01. The average molecular weight is 220 g/mol. The molecular formula is C10H8N2O4. The van der Waals surface area contributed by atoms with E-state index in [1.54, 1.807) is 12.1 Å². The van der Waals surface area contributed by atoms with Gasteiger partial charge in [-0.2, -0.15) is 0 Å². The van der Waals surface area contributed by atoms with E-state index in [2.05, 4.69) is 14.9 Å². The van der Waals surface area contributed by atoms with Crippen LogP contribution in [0.25, 0.3) is 11.3 Å². The summed E-state index contributed by atoms with van der Waals surface area (Å²) in [4.78, 5) is 10.6. The first-order valence-electron chi connectivity index (χ1n) is 4.49. The van der Waals surface area contributed by atoms with E-state index >= 15 is 0 Å². The van der Waals surface area contributed by atoms with Gasteiger partial charge in [-0.05, 0) is 29.4 Å². The molecule has 0 spiro atoms. The highest BCUT2D eigenvalue weighted by Gasteiger charge is 2.14. The minimum Gasteiger partial charge on any atom is -0.508 e. The molecule has 0 atom stereocenters. The van der Waals surface area contributed by atoms with Crippen molar-refractivity contribution in [3.05, 3.63) is 30.0 Å². The zero-order chi connectivity index (χ0) is 11.5. The van der Waals surface area contributed by atoms with Crippen LogP contribution in [0.2, 0.25) is 0 Å². The van der Waals surface area contributed by atoms with Crippen molar-refractivity contribution >= 4 is 5.97 Å². The van der Waals surface area contributed by atoms with Gasteiger partial charge in [0, 0.05) is 5.56 Å². The summed E-state index contributed by atoms with van der Waals surface area (Å²) in [5, 5.41) is 24.9. The number of aliphatic carboxylic acids is 1. The molecule has 2 aromatic rings. The van der Waals surface area contributed by atoms with Crippen LogP contribution in [-0.2, 0) is 11.2 Å². The molecule has 0 saturated heterocycles. The molecule has 2 N–H and O–H groups in total. The normalized spacial score (nSPS) is 10.2. The van der Waals surface area contributed by atoms with Crippen LogP contribution in [0.15, 0.2) is 28.9 Å². The van der Waals surface area contributed by atoms with Crippen LogP contribution in [0.4, 0.5) is 0 Å².